The van der Waals surface area contributed by atoms with Crippen molar-refractivity contribution in [3.8, 4) is 10.7 Å². The van der Waals surface area contributed by atoms with Crippen LogP contribution >= 0.6 is 0 Å². The zero-order chi connectivity index (χ0) is 9.73. The molecule has 0 saturated carbocycles. The van der Waals surface area contributed by atoms with Gasteiger partial charge in [-0.25, -0.2) is 0 Å². The summed E-state index contributed by atoms with van der Waals surface area (Å²) < 4.78 is 1.24. The molecule has 0 heterocycles. The van der Waals surface area contributed by atoms with Gasteiger partial charge in [0.05, 0.1) is 0 Å². The maximum atomic E-state index is 9.33. The second-order valence-corrected chi connectivity index (χ2v) is 5.05. The van der Waals surface area contributed by atoms with Crippen LogP contribution in [0.25, 0.3) is 0 Å². The minimum atomic E-state index is -0.865. The van der Waals surface area contributed by atoms with Crippen molar-refractivity contribution in [2.45, 2.75) is 19.4 Å². The van der Waals surface area contributed by atoms with Gasteiger partial charge in [-0.3, -0.25) is 0 Å². The molecule has 0 saturated heterocycles. The second kappa shape index (κ2) is 4.48. The summed E-state index contributed by atoms with van der Waals surface area (Å²) in [6.07, 6.45) is 0. The molecule has 0 radical (unpaired) electrons. The zero-order valence-electron chi connectivity index (χ0n) is 7.74. The third kappa shape index (κ3) is 4.75. The van der Waals surface area contributed by atoms with Crippen LogP contribution in [0.2, 0.25) is 0 Å². The molecule has 0 amide bonds. The van der Waals surface area contributed by atoms with Crippen molar-refractivity contribution < 1.29 is 5.11 Å². The van der Waals surface area contributed by atoms with Crippen LogP contribution in [0.3, 0.4) is 0 Å². The maximum absolute atomic E-state index is 9.33. The van der Waals surface area contributed by atoms with Crippen LogP contribution in [0.15, 0.2) is 30.3 Å². The van der Waals surface area contributed by atoms with Gasteiger partial charge >= 0.3 is 85.0 Å². The van der Waals surface area contributed by atoms with Crippen molar-refractivity contribution in [1.29, 1.82) is 0 Å². The Bertz CT molecular complexity index is 313. The Hall–Kier alpha value is -0.741. The molecule has 0 aromatic heterocycles. The van der Waals surface area contributed by atoms with Gasteiger partial charge in [-0.2, -0.15) is 0 Å². The van der Waals surface area contributed by atoms with Gasteiger partial charge in [0.25, 0.3) is 0 Å². The molecule has 1 aromatic carbocycles. The van der Waals surface area contributed by atoms with Gasteiger partial charge < -0.3 is 0 Å². The quantitative estimate of drug-likeness (QED) is 0.566. The molecule has 0 unspecified atom stereocenters. The van der Waals surface area contributed by atoms with Gasteiger partial charge in [-0.05, 0) is 0 Å². The average Bonchev–Trinajstić information content (AvgIpc) is 2.04. The minimum absolute atomic E-state index is 0.154. The molecule has 0 aliphatic carbocycles. The summed E-state index contributed by atoms with van der Waals surface area (Å²) >= 11 is 0.154. The Morgan fingerprint density at radius 2 is 1.85 bits per heavy atom. The van der Waals surface area contributed by atoms with E-state index in [9.17, 15) is 5.11 Å². The topological polar surface area (TPSA) is 20.2 Å². The SMILES string of the molecule is CC(C)(O)C#C[Se]c1ccccc1. The molecule has 68 valence electrons. The van der Waals surface area contributed by atoms with E-state index in [0.29, 0.717) is 0 Å². The van der Waals surface area contributed by atoms with Crippen molar-refractivity contribution in [3.63, 3.8) is 0 Å². The van der Waals surface area contributed by atoms with E-state index < -0.39 is 5.60 Å². The van der Waals surface area contributed by atoms with E-state index in [1.165, 1.54) is 4.46 Å². The van der Waals surface area contributed by atoms with Crippen LogP contribution in [0.5, 0.6) is 0 Å². The van der Waals surface area contributed by atoms with Crippen LogP contribution in [-0.2, 0) is 0 Å². The van der Waals surface area contributed by atoms with E-state index in [0.717, 1.165) is 0 Å². The molecule has 1 N–H and O–H groups in total. The Morgan fingerprint density at radius 3 is 2.38 bits per heavy atom. The first kappa shape index (κ1) is 10.3. The Morgan fingerprint density at radius 1 is 1.23 bits per heavy atom. The van der Waals surface area contributed by atoms with Gasteiger partial charge in [0.1, 0.15) is 0 Å². The summed E-state index contributed by atoms with van der Waals surface area (Å²) in [5, 5.41) is 9.33. The first-order valence-electron chi connectivity index (χ1n) is 4.04. The van der Waals surface area contributed by atoms with Gasteiger partial charge in [0.15, 0.2) is 0 Å². The van der Waals surface area contributed by atoms with Crippen molar-refractivity contribution >= 4 is 19.4 Å². The third-order valence-electron chi connectivity index (χ3n) is 1.27. The number of benzene rings is 1. The summed E-state index contributed by atoms with van der Waals surface area (Å²) in [7, 11) is 0. The summed E-state index contributed by atoms with van der Waals surface area (Å²) in [6.45, 7) is 3.39. The second-order valence-electron chi connectivity index (χ2n) is 3.20. The molecule has 0 bridgehead atoms. The van der Waals surface area contributed by atoms with E-state index in [-0.39, 0.29) is 15.0 Å². The first-order valence-corrected chi connectivity index (χ1v) is 5.76. The van der Waals surface area contributed by atoms with E-state index in [1.807, 2.05) is 18.2 Å². The Balaban J connectivity index is 2.56. The molecule has 1 rings (SSSR count). The molecule has 1 aromatic rings. The number of hydrogen-bond acceptors (Lipinski definition) is 1. The molecule has 0 aliphatic rings. The summed E-state index contributed by atoms with van der Waals surface area (Å²) in [6, 6.07) is 10.1. The van der Waals surface area contributed by atoms with Crippen molar-refractivity contribution in [3.05, 3.63) is 30.3 Å². The van der Waals surface area contributed by atoms with E-state index >= 15 is 0 Å². The predicted octanol–water partition coefficient (Wildman–Crippen LogP) is 0.748. The normalized spacial score (nSPS) is 10.4. The first-order chi connectivity index (χ1) is 6.08. The van der Waals surface area contributed by atoms with Crippen LogP contribution in [0, 0.1) is 10.7 Å². The van der Waals surface area contributed by atoms with Gasteiger partial charge in [-0.15, -0.1) is 0 Å². The van der Waals surface area contributed by atoms with Gasteiger partial charge in [0, 0.05) is 0 Å². The zero-order valence-corrected chi connectivity index (χ0v) is 9.46. The molecule has 0 aliphatic heterocycles. The fraction of sp³-hybridized carbons (Fsp3) is 0.273. The van der Waals surface area contributed by atoms with Gasteiger partial charge in [-0.1, -0.05) is 0 Å². The fourth-order valence-electron chi connectivity index (χ4n) is 0.698. The van der Waals surface area contributed by atoms with Crippen molar-refractivity contribution in [1.82, 2.24) is 0 Å². The number of aliphatic hydroxyl groups is 1. The van der Waals surface area contributed by atoms with Crippen LogP contribution in [0.1, 0.15) is 13.8 Å². The molecule has 0 spiro atoms. The molecule has 13 heavy (non-hydrogen) atoms. The molecule has 0 atom stereocenters. The average molecular weight is 239 g/mol. The number of rotatable bonds is 1. The molecular weight excluding hydrogens is 227 g/mol. The summed E-state index contributed by atoms with van der Waals surface area (Å²) in [5.41, 5.74) is -0.865. The molecule has 0 fully saturated rings. The van der Waals surface area contributed by atoms with E-state index in [2.05, 4.69) is 22.9 Å². The van der Waals surface area contributed by atoms with E-state index in [1.54, 1.807) is 13.8 Å². The summed E-state index contributed by atoms with van der Waals surface area (Å²) in [5.74, 6) is 2.80. The van der Waals surface area contributed by atoms with Crippen molar-refractivity contribution in [2.75, 3.05) is 0 Å². The van der Waals surface area contributed by atoms with Crippen LogP contribution < -0.4 is 4.46 Å². The van der Waals surface area contributed by atoms with Gasteiger partial charge in [0.2, 0.25) is 0 Å². The fourth-order valence-corrected chi connectivity index (χ4v) is 2.19. The molecule has 2 heteroatoms. The Labute approximate surface area is 85.3 Å². The molecule has 1 nitrogen and oxygen atoms in total. The van der Waals surface area contributed by atoms with E-state index in [4.69, 9.17) is 0 Å². The summed E-state index contributed by atoms with van der Waals surface area (Å²) in [4.78, 5) is 3.00. The Kier molecular flexibility index (Phi) is 3.57. The predicted molar refractivity (Wildman–Crippen MR) is 55.9 cm³/mol. The third-order valence-corrected chi connectivity index (χ3v) is 2.76. The monoisotopic (exact) mass is 240 g/mol. The number of hydrogen-bond donors (Lipinski definition) is 1. The van der Waals surface area contributed by atoms with Crippen molar-refractivity contribution in [2.24, 2.45) is 0 Å². The standard InChI is InChI=1S/C11H12OSe/c1-11(2,12)8-9-13-10-6-4-3-5-7-10/h3-7,12H,1-2H3. The van der Waals surface area contributed by atoms with Crippen LogP contribution in [-0.4, -0.2) is 25.7 Å². The van der Waals surface area contributed by atoms with Crippen LogP contribution in [0.4, 0.5) is 0 Å². The molecular formula is C11H12OSe.